The van der Waals surface area contributed by atoms with Crippen molar-refractivity contribution in [2.45, 2.75) is 116 Å². The van der Waals surface area contributed by atoms with Crippen molar-refractivity contribution in [2.24, 2.45) is 23.2 Å². The number of nitrogens with one attached hydrogen (secondary N) is 2. The number of rotatable bonds is 15. The lowest BCUT2D eigenvalue weighted by Crippen LogP contribution is -2.59. The quantitative estimate of drug-likeness (QED) is 0.137. The van der Waals surface area contributed by atoms with Crippen LogP contribution in [0, 0.1) is 23.2 Å². The van der Waals surface area contributed by atoms with Crippen LogP contribution in [0.5, 0.6) is 11.5 Å². The smallest absolute Gasteiger partial charge is 0.408 e. The maximum Gasteiger partial charge on any atom is 0.408 e. The Labute approximate surface area is 347 Å². The van der Waals surface area contributed by atoms with E-state index in [2.05, 4.69) is 24.5 Å². The Balaban J connectivity index is 1.21. The van der Waals surface area contributed by atoms with Crippen LogP contribution in [0.3, 0.4) is 0 Å². The molecule has 3 aromatic rings. The number of aliphatic carboxylic acids is 1. The fourth-order valence-electron chi connectivity index (χ4n) is 8.45. The molecule has 3 aliphatic carbocycles. The summed E-state index contributed by atoms with van der Waals surface area (Å²) in [5.74, 6) is -0.212. The number of benzene rings is 1. The second-order valence-corrected chi connectivity index (χ2v) is 18.8. The first kappa shape index (κ1) is 41.9. The summed E-state index contributed by atoms with van der Waals surface area (Å²) in [6.07, 6.45) is 2.14. The molecule has 14 nitrogen and oxygen atoms in total. The summed E-state index contributed by atoms with van der Waals surface area (Å²) in [5.41, 5.74) is -0.335. The van der Waals surface area contributed by atoms with Crippen molar-refractivity contribution >= 4 is 57.7 Å². The van der Waals surface area contributed by atoms with Gasteiger partial charge in [-0.2, -0.15) is 0 Å². The molecule has 4 aliphatic rings. The van der Waals surface area contributed by atoms with E-state index >= 15 is 0 Å². The lowest BCUT2D eigenvalue weighted by molar-refractivity contribution is -0.146. The second kappa shape index (κ2) is 16.4. The highest BCUT2D eigenvalue weighted by Crippen LogP contribution is 2.52. The number of carboxylic acids is 1. The Morgan fingerprint density at radius 3 is 2.41 bits per heavy atom. The van der Waals surface area contributed by atoms with Crippen LogP contribution in [0.25, 0.3) is 21.6 Å². The molecule has 0 radical (unpaired) electrons. The van der Waals surface area contributed by atoms with Gasteiger partial charge < -0.3 is 39.6 Å². The predicted octanol–water partition coefficient (Wildman–Crippen LogP) is 6.82. The molecule has 8 atom stereocenters. The number of amides is 3. The van der Waals surface area contributed by atoms with Gasteiger partial charge in [0.05, 0.1) is 24.4 Å². The summed E-state index contributed by atoms with van der Waals surface area (Å²) >= 11 is 8.40. The Kier molecular flexibility index (Phi) is 11.9. The number of likely N-dealkylation sites (tertiary alicyclic amines) is 1. The summed E-state index contributed by atoms with van der Waals surface area (Å²) in [6, 6.07) is 3.15. The minimum Gasteiger partial charge on any atom is -0.490 e. The van der Waals surface area contributed by atoms with E-state index in [9.17, 15) is 24.3 Å². The molecule has 2 aromatic heterocycles. The number of pyridine rings is 1. The third-order valence-corrected chi connectivity index (χ3v) is 13.3. The number of halogens is 1. The van der Waals surface area contributed by atoms with Crippen LogP contribution in [0.15, 0.2) is 23.6 Å². The standard InChI is InChI=1S/C42H54ClN5O9S/c1-8-24-18-42(24,39(51)52)47-36(49)30-16-26(19-48(30)38(50)35(41(4,5)6)46-40(53)57-25-14-22-13-23(22)15-25)56-32-17-28(37-45-29(20-58-37)21(2)3)44-34-27(32)9-10-31(33(34)43)55-12-11-54-7/h9-10,17,20-26,30,35H,8,11-16,18-19H2,1-7H3,(H,46,53)(H,47,49)(H,51,52)/t22-,23+,24-,25+,26-,30+,35?,42-/m1/s1. The highest BCUT2D eigenvalue weighted by atomic mass is 35.5. The number of carboxylic acid groups (broad SMARTS) is 1. The van der Waals surface area contributed by atoms with Crippen LogP contribution in [-0.2, 0) is 23.9 Å². The van der Waals surface area contributed by atoms with Gasteiger partial charge in [-0.15, -0.1) is 11.3 Å². The highest BCUT2D eigenvalue weighted by molar-refractivity contribution is 7.13. The van der Waals surface area contributed by atoms with E-state index in [1.807, 2.05) is 33.1 Å². The third kappa shape index (κ3) is 8.58. The zero-order valence-corrected chi connectivity index (χ0v) is 35.7. The van der Waals surface area contributed by atoms with E-state index in [1.165, 1.54) is 22.7 Å². The second-order valence-electron chi connectivity index (χ2n) is 17.6. The molecule has 1 aromatic carbocycles. The summed E-state index contributed by atoms with van der Waals surface area (Å²) in [7, 11) is 1.58. The summed E-state index contributed by atoms with van der Waals surface area (Å²) in [4.78, 5) is 65.9. The number of aromatic nitrogens is 2. The van der Waals surface area contributed by atoms with Crippen molar-refractivity contribution in [3.05, 3.63) is 34.3 Å². The average molecular weight is 840 g/mol. The molecule has 4 fully saturated rings. The molecule has 3 heterocycles. The van der Waals surface area contributed by atoms with Gasteiger partial charge in [0.25, 0.3) is 0 Å². The van der Waals surface area contributed by atoms with E-state index in [0.29, 0.717) is 64.4 Å². The molecule has 314 valence electrons. The first-order valence-electron chi connectivity index (χ1n) is 20.2. The first-order valence-corrected chi connectivity index (χ1v) is 21.5. The molecule has 58 heavy (non-hydrogen) atoms. The molecule has 16 heteroatoms. The number of thiazole rings is 1. The van der Waals surface area contributed by atoms with Crippen LogP contribution in [-0.4, -0.2) is 101 Å². The van der Waals surface area contributed by atoms with E-state index in [0.717, 1.165) is 18.5 Å². The molecule has 3 N–H and O–H groups in total. The molecular weight excluding hydrogens is 786 g/mol. The average Bonchev–Trinajstić information content (AvgIpc) is 3.81. The van der Waals surface area contributed by atoms with Crippen LogP contribution in [0.2, 0.25) is 5.02 Å². The number of hydrogen-bond donors (Lipinski definition) is 3. The van der Waals surface area contributed by atoms with Gasteiger partial charge in [0.15, 0.2) is 0 Å². The molecule has 3 saturated carbocycles. The minimum atomic E-state index is -1.41. The topological polar surface area (TPSA) is 179 Å². The van der Waals surface area contributed by atoms with Gasteiger partial charge >= 0.3 is 12.1 Å². The minimum absolute atomic E-state index is 0.0245. The van der Waals surface area contributed by atoms with E-state index in [-0.39, 0.29) is 42.5 Å². The van der Waals surface area contributed by atoms with E-state index in [4.69, 9.17) is 40.5 Å². The van der Waals surface area contributed by atoms with Crippen molar-refractivity contribution in [1.82, 2.24) is 25.5 Å². The molecule has 0 bridgehead atoms. The summed E-state index contributed by atoms with van der Waals surface area (Å²) < 4.78 is 23.6. The first-order chi connectivity index (χ1) is 27.5. The summed E-state index contributed by atoms with van der Waals surface area (Å²) in [6.45, 7) is 12.1. The fourth-order valence-corrected chi connectivity index (χ4v) is 9.66. The lowest BCUT2D eigenvalue weighted by atomic mass is 9.85. The number of nitrogens with zero attached hydrogens (tertiary/aromatic N) is 3. The SMILES string of the molecule is CC[C@@H]1C[C@]1(NC(=O)[C@@H]1C[C@@H](Oc2cc(-c3nc(C(C)C)cs3)nc3c(Cl)c(OCCOC)ccc23)CN1C(=O)C(NC(=O)O[C@@H]1C[C@@H]2C[C@@H]2C1)C(C)(C)C)C(=O)O. The largest absolute Gasteiger partial charge is 0.490 e. The Morgan fingerprint density at radius 2 is 1.79 bits per heavy atom. The van der Waals surface area contributed by atoms with E-state index < -0.39 is 53.0 Å². The van der Waals surface area contributed by atoms with Gasteiger partial charge in [-0.3, -0.25) is 9.59 Å². The Bertz CT molecular complexity index is 2060. The fraction of sp³-hybridized carbons (Fsp3) is 0.619. The van der Waals surface area contributed by atoms with Gasteiger partial charge in [0.1, 0.15) is 63.7 Å². The number of carbonyl (C=O) groups is 4. The van der Waals surface area contributed by atoms with Crippen LogP contribution < -0.4 is 20.1 Å². The number of fused-ring (bicyclic) bond motifs is 2. The number of carbonyl (C=O) groups excluding carboxylic acids is 3. The van der Waals surface area contributed by atoms with Crippen molar-refractivity contribution in [2.75, 3.05) is 26.9 Å². The van der Waals surface area contributed by atoms with Gasteiger partial charge in [-0.1, -0.05) is 59.6 Å². The van der Waals surface area contributed by atoms with Gasteiger partial charge in [0, 0.05) is 30.4 Å². The van der Waals surface area contributed by atoms with Crippen molar-refractivity contribution in [3.63, 3.8) is 0 Å². The molecular formula is C42H54ClN5O9S. The Morgan fingerprint density at radius 1 is 1.05 bits per heavy atom. The number of alkyl carbamates (subject to hydrolysis) is 1. The molecule has 0 spiro atoms. The van der Waals surface area contributed by atoms with Crippen molar-refractivity contribution in [1.29, 1.82) is 0 Å². The van der Waals surface area contributed by atoms with Gasteiger partial charge in [-0.25, -0.2) is 19.6 Å². The van der Waals surface area contributed by atoms with Crippen molar-refractivity contribution in [3.8, 4) is 22.2 Å². The van der Waals surface area contributed by atoms with Crippen LogP contribution in [0.4, 0.5) is 4.79 Å². The number of ether oxygens (including phenoxy) is 4. The molecule has 3 amide bonds. The zero-order valence-electron chi connectivity index (χ0n) is 34.1. The monoisotopic (exact) mass is 839 g/mol. The van der Waals surface area contributed by atoms with Crippen LogP contribution in [0.1, 0.15) is 91.7 Å². The van der Waals surface area contributed by atoms with Gasteiger partial charge in [-0.05, 0) is 66.9 Å². The third-order valence-electron chi connectivity index (χ3n) is 12.0. The van der Waals surface area contributed by atoms with Gasteiger partial charge in [0.2, 0.25) is 11.8 Å². The highest BCUT2D eigenvalue weighted by Gasteiger charge is 2.61. The number of methoxy groups -OCH3 is 1. The predicted molar refractivity (Wildman–Crippen MR) is 218 cm³/mol. The zero-order chi connectivity index (χ0) is 41.7. The molecule has 1 aliphatic heterocycles. The Hall–Kier alpha value is -4.21. The van der Waals surface area contributed by atoms with E-state index in [1.54, 1.807) is 25.3 Å². The van der Waals surface area contributed by atoms with Crippen LogP contribution >= 0.6 is 22.9 Å². The maximum atomic E-state index is 14.7. The molecule has 1 unspecified atom stereocenters. The summed E-state index contributed by atoms with van der Waals surface area (Å²) in [5, 5.41) is 19.3. The normalized spacial score (nSPS) is 26.6. The number of hydrogen-bond acceptors (Lipinski definition) is 11. The lowest BCUT2D eigenvalue weighted by Gasteiger charge is -2.35. The molecule has 1 saturated heterocycles. The van der Waals surface area contributed by atoms with Crippen molar-refractivity contribution < 1.29 is 43.2 Å². The maximum absolute atomic E-state index is 14.7. The molecule has 7 rings (SSSR count).